The molecule has 2 aliphatic heterocycles. The maximum Gasteiger partial charge on any atom is 0.0109 e. The van der Waals surface area contributed by atoms with Gasteiger partial charge in [-0.1, -0.05) is 13.8 Å². The van der Waals surface area contributed by atoms with Crippen molar-refractivity contribution in [2.45, 2.75) is 45.6 Å². The molecule has 2 fully saturated rings. The zero-order chi connectivity index (χ0) is 12.8. The van der Waals surface area contributed by atoms with Crippen molar-refractivity contribution in [1.82, 2.24) is 15.1 Å². The van der Waals surface area contributed by atoms with Gasteiger partial charge in [0.05, 0.1) is 0 Å². The highest BCUT2D eigenvalue weighted by molar-refractivity contribution is 4.86. The maximum atomic E-state index is 3.70. The van der Waals surface area contributed by atoms with E-state index in [-0.39, 0.29) is 0 Å². The van der Waals surface area contributed by atoms with Gasteiger partial charge in [0.1, 0.15) is 0 Å². The molecule has 18 heavy (non-hydrogen) atoms. The van der Waals surface area contributed by atoms with E-state index in [1.807, 2.05) is 0 Å². The van der Waals surface area contributed by atoms with E-state index >= 15 is 0 Å². The Balaban J connectivity index is 1.72. The third kappa shape index (κ3) is 3.94. The second kappa shape index (κ2) is 7.46. The van der Waals surface area contributed by atoms with Crippen molar-refractivity contribution in [3.05, 3.63) is 0 Å². The van der Waals surface area contributed by atoms with Crippen LogP contribution in [0.5, 0.6) is 0 Å². The number of hydrogen-bond donors (Lipinski definition) is 1. The summed E-state index contributed by atoms with van der Waals surface area (Å²) < 4.78 is 0. The Kier molecular flexibility index (Phi) is 5.93. The van der Waals surface area contributed by atoms with Crippen LogP contribution < -0.4 is 5.32 Å². The summed E-state index contributed by atoms with van der Waals surface area (Å²) in [5, 5.41) is 3.70. The molecular formula is C15H31N3. The van der Waals surface area contributed by atoms with Crippen LogP contribution in [0, 0.1) is 5.92 Å². The fourth-order valence-electron chi connectivity index (χ4n) is 3.56. The molecule has 3 nitrogen and oxygen atoms in total. The first kappa shape index (κ1) is 14.3. The number of likely N-dealkylation sites (tertiary alicyclic amines) is 1. The predicted molar refractivity (Wildman–Crippen MR) is 78.0 cm³/mol. The largest absolute Gasteiger partial charge is 0.314 e. The van der Waals surface area contributed by atoms with Crippen molar-refractivity contribution in [3.63, 3.8) is 0 Å². The number of likely N-dealkylation sites (N-methyl/N-ethyl adjacent to an activating group) is 1. The molecule has 0 aromatic rings. The molecular weight excluding hydrogens is 222 g/mol. The van der Waals surface area contributed by atoms with Gasteiger partial charge in [0.25, 0.3) is 0 Å². The lowest BCUT2D eigenvalue weighted by molar-refractivity contribution is 0.135. The first-order chi connectivity index (χ1) is 8.83. The molecule has 2 rings (SSSR count). The van der Waals surface area contributed by atoms with Gasteiger partial charge in [0.2, 0.25) is 0 Å². The predicted octanol–water partition coefficient (Wildman–Crippen LogP) is 1.79. The number of piperidine rings is 1. The lowest BCUT2D eigenvalue weighted by Crippen LogP contribution is -2.45. The second-order valence-electron chi connectivity index (χ2n) is 5.93. The molecule has 2 aliphatic rings. The Labute approximate surface area is 113 Å². The molecule has 2 unspecified atom stereocenters. The third-order valence-corrected chi connectivity index (χ3v) is 4.84. The minimum absolute atomic E-state index is 0.821. The van der Waals surface area contributed by atoms with Crippen LogP contribution in [0.25, 0.3) is 0 Å². The van der Waals surface area contributed by atoms with E-state index in [2.05, 4.69) is 29.0 Å². The lowest BCUT2D eigenvalue weighted by Gasteiger charge is -2.36. The van der Waals surface area contributed by atoms with Crippen molar-refractivity contribution in [2.75, 3.05) is 45.8 Å². The molecule has 2 atom stereocenters. The van der Waals surface area contributed by atoms with E-state index < -0.39 is 0 Å². The van der Waals surface area contributed by atoms with E-state index in [0.717, 1.165) is 12.0 Å². The SMILES string of the molecule is CCN(CC)CCN1CCCC(C2CCCN2)C1. The second-order valence-corrected chi connectivity index (χ2v) is 5.93. The van der Waals surface area contributed by atoms with E-state index in [4.69, 9.17) is 0 Å². The summed E-state index contributed by atoms with van der Waals surface area (Å²) in [5.74, 6) is 0.915. The Bertz CT molecular complexity index is 222. The lowest BCUT2D eigenvalue weighted by atomic mass is 9.90. The molecule has 0 aromatic heterocycles. The normalized spacial score (nSPS) is 30.2. The van der Waals surface area contributed by atoms with Gasteiger partial charge in [-0.05, 0) is 57.8 Å². The molecule has 1 N–H and O–H groups in total. The summed E-state index contributed by atoms with van der Waals surface area (Å²) in [6.45, 7) is 13.3. The highest BCUT2D eigenvalue weighted by Gasteiger charge is 2.28. The van der Waals surface area contributed by atoms with Crippen LogP contribution in [0.15, 0.2) is 0 Å². The Morgan fingerprint density at radius 1 is 1.17 bits per heavy atom. The Morgan fingerprint density at radius 2 is 2.00 bits per heavy atom. The minimum atomic E-state index is 0.821. The van der Waals surface area contributed by atoms with Crippen molar-refractivity contribution in [3.8, 4) is 0 Å². The Morgan fingerprint density at radius 3 is 2.67 bits per heavy atom. The summed E-state index contributed by atoms with van der Waals surface area (Å²) in [7, 11) is 0. The van der Waals surface area contributed by atoms with Crippen LogP contribution in [0.4, 0.5) is 0 Å². The fourth-order valence-corrected chi connectivity index (χ4v) is 3.56. The quantitative estimate of drug-likeness (QED) is 0.778. The minimum Gasteiger partial charge on any atom is -0.314 e. The van der Waals surface area contributed by atoms with Crippen LogP contribution in [-0.4, -0.2) is 61.7 Å². The first-order valence-corrected chi connectivity index (χ1v) is 8.01. The summed E-state index contributed by atoms with van der Waals surface area (Å²) in [6, 6.07) is 0.821. The molecule has 106 valence electrons. The number of nitrogens with one attached hydrogen (secondary N) is 1. The van der Waals surface area contributed by atoms with Crippen molar-refractivity contribution in [2.24, 2.45) is 5.92 Å². The third-order valence-electron chi connectivity index (χ3n) is 4.84. The van der Waals surface area contributed by atoms with Crippen LogP contribution in [0.1, 0.15) is 39.5 Å². The fraction of sp³-hybridized carbons (Fsp3) is 1.00. The van der Waals surface area contributed by atoms with Gasteiger partial charge >= 0.3 is 0 Å². The van der Waals surface area contributed by atoms with E-state index in [9.17, 15) is 0 Å². The molecule has 0 radical (unpaired) electrons. The highest BCUT2D eigenvalue weighted by Crippen LogP contribution is 2.24. The summed E-state index contributed by atoms with van der Waals surface area (Å²) in [6.07, 6.45) is 5.65. The summed E-state index contributed by atoms with van der Waals surface area (Å²) in [5.41, 5.74) is 0. The number of hydrogen-bond acceptors (Lipinski definition) is 3. The monoisotopic (exact) mass is 253 g/mol. The molecule has 0 saturated carbocycles. The van der Waals surface area contributed by atoms with Gasteiger partial charge in [-0.15, -0.1) is 0 Å². The molecule has 0 aliphatic carbocycles. The van der Waals surface area contributed by atoms with Crippen LogP contribution in [0.3, 0.4) is 0 Å². The molecule has 0 bridgehead atoms. The van der Waals surface area contributed by atoms with Gasteiger partial charge in [0.15, 0.2) is 0 Å². The van der Waals surface area contributed by atoms with Crippen molar-refractivity contribution in [1.29, 1.82) is 0 Å². The number of nitrogens with zero attached hydrogens (tertiary/aromatic N) is 2. The van der Waals surface area contributed by atoms with Crippen LogP contribution in [-0.2, 0) is 0 Å². The first-order valence-electron chi connectivity index (χ1n) is 8.01. The van der Waals surface area contributed by atoms with Gasteiger partial charge in [0, 0.05) is 25.7 Å². The summed E-state index contributed by atoms with van der Waals surface area (Å²) in [4.78, 5) is 5.24. The zero-order valence-corrected chi connectivity index (χ0v) is 12.3. The molecule has 0 spiro atoms. The standard InChI is InChI=1S/C15H31N3/c1-3-17(4-2)11-12-18-10-6-7-14(13-18)15-8-5-9-16-15/h14-16H,3-13H2,1-2H3. The number of rotatable bonds is 6. The zero-order valence-electron chi connectivity index (χ0n) is 12.3. The van der Waals surface area contributed by atoms with E-state index in [0.29, 0.717) is 0 Å². The smallest absolute Gasteiger partial charge is 0.0109 e. The average molecular weight is 253 g/mol. The van der Waals surface area contributed by atoms with Crippen LogP contribution in [0.2, 0.25) is 0 Å². The van der Waals surface area contributed by atoms with Gasteiger partial charge in [-0.2, -0.15) is 0 Å². The van der Waals surface area contributed by atoms with Gasteiger partial charge in [-0.25, -0.2) is 0 Å². The van der Waals surface area contributed by atoms with Gasteiger partial charge in [-0.3, -0.25) is 0 Å². The molecule has 0 amide bonds. The van der Waals surface area contributed by atoms with Crippen molar-refractivity contribution >= 4 is 0 Å². The Hall–Kier alpha value is -0.120. The van der Waals surface area contributed by atoms with E-state index in [1.54, 1.807) is 0 Å². The van der Waals surface area contributed by atoms with E-state index in [1.165, 1.54) is 71.5 Å². The molecule has 3 heteroatoms. The topological polar surface area (TPSA) is 18.5 Å². The van der Waals surface area contributed by atoms with Crippen molar-refractivity contribution < 1.29 is 0 Å². The summed E-state index contributed by atoms with van der Waals surface area (Å²) >= 11 is 0. The van der Waals surface area contributed by atoms with Gasteiger partial charge < -0.3 is 15.1 Å². The average Bonchev–Trinajstić information content (AvgIpc) is 2.94. The maximum absolute atomic E-state index is 3.70. The van der Waals surface area contributed by atoms with Crippen LogP contribution >= 0.6 is 0 Å². The highest BCUT2D eigenvalue weighted by atomic mass is 15.2. The molecule has 0 aromatic carbocycles. The molecule has 2 heterocycles. The molecule has 2 saturated heterocycles.